The maximum absolute atomic E-state index is 13.2. The maximum Gasteiger partial charge on any atom is 0.292 e. The highest BCUT2D eigenvalue weighted by atomic mass is 16.5. The number of ether oxygens (including phenoxy) is 1. The topological polar surface area (TPSA) is 51.0 Å². The van der Waals surface area contributed by atoms with Crippen molar-refractivity contribution in [3.63, 3.8) is 0 Å². The van der Waals surface area contributed by atoms with Crippen LogP contribution in [0.3, 0.4) is 0 Å². The fourth-order valence-corrected chi connectivity index (χ4v) is 4.41. The van der Waals surface area contributed by atoms with E-state index in [-0.39, 0.29) is 24.3 Å². The molecule has 0 bridgehead atoms. The van der Waals surface area contributed by atoms with E-state index in [1.54, 1.807) is 24.3 Å². The van der Waals surface area contributed by atoms with Crippen LogP contribution in [0.15, 0.2) is 78.9 Å². The quantitative estimate of drug-likeness (QED) is 0.687. The molecule has 1 N–H and O–H groups in total. The summed E-state index contributed by atoms with van der Waals surface area (Å²) in [5, 5.41) is 0. The van der Waals surface area contributed by atoms with Crippen LogP contribution >= 0.6 is 0 Å². The van der Waals surface area contributed by atoms with Gasteiger partial charge in [0.25, 0.3) is 5.91 Å². The van der Waals surface area contributed by atoms with Crippen molar-refractivity contribution in [3.05, 3.63) is 90.0 Å². The molecular weight excluding hydrogens is 376 g/mol. The van der Waals surface area contributed by atoms with E-state index < -0.39 is 0 Å². The first-order valence-corrected chi connectivity index (χ1v) is 10.3. The van der Waals surface area contributed by atoms with E-state index in [1.807, 2.05) is 36.4 Å². The van der Waals surface area contributed by atoms with Crippen molar-refractivity contribution < 1.29 is 19.2 Å². The van der Waals surface area contributed by atoms with Gasteiger partial charge in [-0.15, -0.1) is 0 Å². The molecule has 2 aliphatic heterocycles. The Labute approximate surface area is 175 Å². The Morgan fingerprint density at radius 1 is 0.800 bits per heavy atom. The van der Waals surface area contributed by atoms with Gasteiger partial charge in [-0.2, -0.15) is 0 Å². The third-order valence-corrected chi connectivity index (χ3v) is 5.96. The number of carbonyl (C=O) groups is 2. The normalized spacial score (nSPS) is 20.9. The molecule has 1 saturated heterocycles. The molecule has 3 aromatic rings. The van der Waals surface area contributed by atoms with Crippen LogP contribution in [0.1, 0.15) is 17.5 Å². The fraction of sp³-hybridized carbons (Fsp3) is 0.200. The number of carbonyl (C=O) groups excluding carboxylic acids is 2. The first-order chi connectivity index (χ1) is 14.7. The number of hydrogen-bond acceptors (Lipinski definition) is 3. The average Bonchev–Trinajstić information content (AvgIpc) is 3.09. The molecule has 0 aromatic heterocycles. The Bertz CT molecular complexity index is 1080. The predicted octanol–water partition coefficient (Wildman–Crippen LogP) is 2.75. The van der Waals surface area contributed by atoms with Crippen molar-refractivity contribution in [3.8, 4) is 11.5 Å². The minimum atomic E-state index is -0.314. The van der Waals surface area contributed by atoms with Gasteiger partial charge in [-0.05, 0) is 42.0 Å². The van der Waals surface area contributed by atoms with Crippen LogP contribution in [0.2, 0.25) is 0 Å². The number of hydrogen-bond donors (Lipinski definition) is 1. The Kier molecular flexibility index (Phi) is 4.81. The van der Waals surface area contributed by atoms with Crippen LogP contribution in [-0.4, -0.2) is 24.4 Å². The Morgan fingerprint density at radius 2 is 1.47 bits per heavy atom. The smallest absolute Gasteiger partial charge is 0.292 e. The number of nitrogens with one attached hydrogen (secondary N) is 1. The standard InChI is InChI=1S/C25H22N2O3/c28-24-16-23(26-15-14-18-6-4-5-7-19(18)17-26)25(29)27(24)20-10-12-22(13-11-20)30-21-8-2-1-3-9-21/h1-13,23H,14-17H2/p+1/t23-/m1/s1. The molecule has 2 amide bonds. The predicted molar refractivity (Wildman–Crippen MR) is 114 cm³/mol. The second-order valence-corrected chi connectivity index (χ2v) is 7.84. The van der Waals surface area contributed by atoms with Crippen LogP contribution in [0.25, 0.3) is 0 Å². The van der Waals surface area contributed by atoms with Gasteiger partial charge in [0.1, 0.15) is 18.0 Å². The van der Waals surface area contributed by atoms with Gasteiger partial charge in [0, 0.05) is 12.0 Å². The number of fused-ring (bicyclic) bond motifs is 1. The molecule has 3 aromatic carbocycles. The summed E-state index contributed by atoms with van der Waals surface area (Å²) < 4.78 is 5.81. The number of amides is 2. The molecular formula is C25H23N2O3+. The first-order valence-electron chi connectivity index (χ1n) is 10.3. The van der Waals surface area contributed by atoms with Crippen LogP contribution in [0.5, 0.6) is 11.5 Å². The Balaban J connectivity index is 1.31. The van der Waals surface area contributed by atoms with E-state index in [4.69, 9.17) is 4.74 Å². The van der Waals surface area contributed by atoms with Gasteiger partial charge < -0.3 is 9.64 Å². The van der Waals surface area contributed by atoms with E-state index in [9.17, 15) is 9.59 Å². The summed E-state index contributed by atoms with van der Waals surface area (Å²) in [7, 11) is 0. The highest BCUT2D eigenvalue weighted by molar-refractivity contribution is 6.21. The molecule has 150 valence electrons. The third-order valence-electron chi connectivity index (χ3n) is 5.96. The zero-order chi connectivity index (χ0) is 20.5. The molecule has 0 spiro atoms. The molecule has 2 aliphatic rings. The number of benzene rings is 3. The van der Waals surface area contributed by atoms with Gasteiger partial charge in [-0.1, -0.05) is 42.5 Å². The van der Waals surface area contributed by atoms with Gasteiger partial charge in [0.05, 0.1) is 18.7 Å². The molecule has 1 fully saturated rings. The minimum absolute atomic E-state index is 0.105. The maximum atomic E-state index is 13.2. The van der Waals surface area contributed by atoms with Crippen LogP contribution in [-0.2, 0) is 22.6 Å². The van der Waals surface area contributed by atoms with Crippen molar-refractivity contribution in [2.24, 2.45) is 0 Å². The monoisotopic (exact) mass is 399 g/mol. The average molecular weight is 399 g/mol. The number of imide groups is 1. The highest BCUT2D eigenvalue weighted by Gasteiger charge is 2.46. The van der Waals surface area contributed by atoms with Crippen molar-refractivity contribution in [1.29, 1.82) is 0 Å². The molecule has 30 heavy (non-hydrogen) atoms. The van der Waals surface area contributed by atoms with Gasteiger partial charge in [-0.3, -0.25) is 9.59 Å². The van der Waals surface area contributed by atoms with Crippen molar-refractivity contribution in [2.75, 3.05) is 11.4 Å². The lowest BCUT2D eigenvalue weighted by Crippen LogP contribution is -3.16. The van der Waals surface area contributed by atoms with Crippen LogP contribution in [0.4, 0.5) is 5.69 Å². The summed E-state index contributed by atoms with van der Waals surface area (Å²) in [4.78, 5) is 28.4. The van der Waals surface area contributed by atoms with E-state index >= 15 is 0 Å². The summed E-state index contributed by atoms with van der Waals surface area (Å²) in [5.74, 6) is 1.17. The Morgan fingerprint density at radius 3 is 2.23 bits per heavy atom. The third kappa shape index (κ3) is 3.48. The van der Waals surface area contributed by atoms with E-state index in [2.05, 4.69) is 18.2 Å². The largest absolute Gasteiger partial charge is 0.457 e. The molecule has 2 atom stereocenters. The zero-order valence-electron chi connectivity index (χ0n) is 16.6. The first kappa shape index (κ1) is 18.6. The molecule has 0 aliphatic carbocycles. The molecule has 5 nitrogen and oxygen atoms in total. The van der Waals surface area contributed by atoms with Crippen LogP contribution in [0, 0.1) is 0 Å². The summed E-state index contributed by atoms with van der Waals surface area (Å²) in [6.45, 7) is 1.66. The fourth-order valence-electron chi connectivity index (χ4n) is 4.41. The van der Waals surface area contributed by atoms with E-state index in [0.717, 1.165) is 25.3 Å². The number of quaternary nitrogens is 1. The second-order valence-electron chi connectivity index (χ2n) is 7.84. The summed E-state index contributed by atoms with van der Waals surface area (Å²) >= 11 is 0. The van der Waals surface area contributed by atoms with Gasteiger partial charge in [0.15, 0.2) is 6.04 Å². The van der Waals surface area contributed by atoms with Crippen molar-refractivity contribution in [2.45, 2.75) is 25.4 Å². The molecule has 5 rings (SSSR count). The molecule has 2 heterocycles. The van der Waals surface area contributed by atoms with E-state index in [1.165, 1.54) is 20.9 Å². The summed E-state index contributed by atoms with van der Waals surface area (Å²) in [5.41, 5.74) is 3.23. The molecule has 5 heteroatoms. The molecule has 1 unspecified atom stereocenters. The van der Waals surface area contributed by atoms with Gasteiger partial charge in [-0.25, -0.2) is 4.90 Å². The second kappa shape index (κ2) is 7.76. The van der Waals surface area contributed by atoms with Crippen molar-refractivity contribution in [1.82, 2.24) is 0 Å². The minimum Gasteiger partial charge on any atom is -0.457 e. The summed E-state index contributed by atoms with van der Waals surface area (Å²) in [6, 6.07) is 24.7. The number of para-hydroxylation sites is 1. The van der Waals surface area contributed by atoms with E-state index in [0.29, 0.717) is 11.4 Å². The van der Waals surface area contributed by atoms with Crippen molar-refractivity contribution >= 4 is 17.5 Å². The van der Waals surface area contributed by atoms with Gasteiger partial charge in [0.2, 0.25) is 5.91 Å². The molecule has 0 saturated carbocycles. The summed E-state index contributed by atoms with van der Waals surface area (Å²) in [6.07, 6.45) is 1.20. The zero-order valence-corrected chi connectivity index (χ0v) is 16.6. The highest BCUT2D eigenvalue weighted by Crippen LogP contribution is 2.27. The van der Waals surface area contributed by atoms with Gasteiger partial charge >= 0.3 is 0 Å². The number of anilines is 1. The van der Waals surface area contributed by atoms with Crippen LogP contribution < -0.4 is 14.5 Å². The lowest BCUT2D eigenvalue weighted by atomic mass is 9.98. The number of rotatable bonds is 4. The molecule has 0 radical (unpaired) electrons. The Hall–Kier alpha value is -3.44. The lowest BCUT2D eigenvalue weighted by Gasteiger charge is -2.29. The SMILES string of the molecule is O=C1C[C@@H]([NH+]2CCc3ccccc3C2)C(=O)N1c1ccc(Oc2ccccc2)cc1. The number of nitrogens with zero attached hydrogens (tertiary/aromatic N) is 1. The lowest BCUT2D eigenvalue weighted by molar-refractivity contribution is -0.930.